The molecule has 0 radical (unpaired) electrons. The first-order valence-electron chi connectivity index (χ1n) is 5.57. The average molecular weight is 194 g/mol. The van der Waals surface area contributed by atoms with Crippen molar-refractivity contribution in [1.29, 1.82) is 5.26 Å². The van der Waals surface area contributed by atoms with Gasteiger partial charge in [-0.1, -0.05) is 0 Å². The number of morpholine rings is 1. The second kappa shape index (κ2) is 4.29. The van der Waals surface area contributed by atoms with Gasteiger partial charge in [-0.3, -0.25) is 4.90 Å². The first-order valence-corrected chi connectivity index (χ1v) is 5.57. The minimum Gasteiger partial charge on any atom is -0.375 e. The van der Waals surface area contributed by atoms with Crippen LogP contribution in [0.1, 0.15) is 32.6 Å². The third kappa shape index (κ3) is 1.77. The maximum absolute atomic E-state index is 8.70. The maximum Gasteiger partial charge on any atom is 0.0731 e. The smallest absolute Gasteiger partial charge is 0.0731 e. The Hall–Kier alpha value is -0.590. The monoisotopic (exact) mass is 194 g/mol. The van der Waals surface area contributed by atoms with Crippen molar-refractivity contribution in [1.82, 2.24) is 4.90 Å². The van der Waals surface area contributed by atoms with Crippen LogP contribution in [-0.4, -0.2) is 36.2 Å². The predicted molar refractivity (Wildman–Crippen MR) is 53.8 cm³/mol. The third-order valence-electron chi connectivity index (χ3n) is 3.48. The Kier molecular flexibility index (Phi) is 3.05. The normalized spacial score (nSPS) is 34.9. The molecule has 3 atom stereocenters. The fourth-order valence-electron chi connectivity index (χ4n) is 2.75. The topological polar surface area (TPSA) is 36.3 Å². The van der Waals surface area contributed by atoms with E-state index in [4.69, 9.17) is 10.00 Å². The second-order valence-electron chi connectivity index (χ2n) is 4.36. The Morgan fingerprint density at radius 1 is 1.57 bits per heavy atom. The molecule has 78 valence electrons. The van der Waals surface area contributed by atoms with Crippen molar-refractivity contribution < 1.29 is 4.74 Å². The molecule has 14 heavy (non-hydrogen) atoms. The molecule has 1 heterocycles. The van der Waals surface area contributed by atoms with Crippen LogP contribution in [0, 0.1) is 11.3 Å². The van der Waals surface area contributed by atoms with E-state index in [-0.39, 0.29) is 0 Å². The van der Waals surface area contributed by atoms with E-state index in [0.29, 0.717) is 24.6 Å². The molecular formula is C11H18N2O. The fourth-order valence-corrected chi connectivity index (χ4v) is 2.75. The molecule has 1 saturated carbocycles. The lowest BCUT2D eigenvalue weighted by Gasteiger charge is -2.40. The summed E-state index contributed by atoms with van der Waals surface area (Å²) in [6, 6.07) is 3.25. The Morgan fingerprint density at radius 3 is 3.21 bits per heavy atom. The molecule has 1 saturated heterocycles. The second-order valence-corrected chi connectivity index (χ2v) is 4.36. The molecule has 1 aliphatic carbocycles. The lowest BCUT2D eigenvalue weighted by Crippen LogP contribution is -2.52. The van der Waals surface area contributed by atoms with Gasteiger partial charge < -0.3 is 4.74 Å². The van der Waals surface area contributed by atoms with Crippen LogP contribution in [0.3, 0.4) is 0 Å². The van der Waals surface area contributed by atoms with E-state index < -0.39 is 0 Å². The number of fused-ring (bicyclic) bond motifs is 1. The molecule has 3 heteroatoms. The lowest BCUT2D eigenvalue weighted by atomic mass is 10.1. The van der Waals surface area contributed by atoms with Crippen molar-refractivity contribution in [3.05, 3.63) is 0 Å². The van der Waals surface area contributed by atoms with Gasteiger partial charge >= 0.3 is 0 Å². The van der Waals surface area contributed by atoms with Crippen molar-refractivity contribution in [2.24, 2.45) is 0 Å². The average Bonchev–Trinajstić information content (AvgIpc) is 2.65. The SMILES string of the molecule is CC(CC#N)N1CCOC2CCCC21. The van der Waals surface area contributed by atoms with Gasteiger partial charge in [-0.15, -0.1) is 0 Å². The van der Waals surface area contributed by atoms with E-state index in [9.17, 15) is 0 Å². The van der Waals surface area contributed by atoms with Gasteiger partial charge in [0.25, 0.3) is 0 Å². The largest absolute Gasteiger partial charge is 0.375 e. The first kappa shape index (κ1) is 9.95. The molecule has 2 rings (SSSR count). The zero-order valence-electron chi connectivity index (χ0n) is 8.78. The molecule has 0 amide bonds. The highest BCUT2D eigenvalue weighted by molar-refractivity contribution is 4.93. The molecular weight excluding hydrogens is 176 g/mol. The molecule has 0 N–H and O–H groups in total. The van der Waals surface area contributed by atoms with Crippen LogP contribution in [0.25, 0.3) is 0 Å². The Balaban J connectivity index is 1.99. The van der Waals surface area contributed by atoms with E-state index in [1.807, 2.05) is 0 Å². The number of nitrogens with zero attached hydrogens (tertiary/aromatic N) is 2. The molecule has 3 nitrogen and oxygen atoms in total. The summed E-state index contributed by atoms with van der Waals surface area (Å²) in [6.45, 7) is 4.00. The molecule has 3 unspecified atom stereocenters. The Morgan fingerprint density at radius 2 is 2.43 bits per heavy atom. The standard InChI is InChI=1S/C11H18N2O/c1-9(5-6-12)13-7-8-14-11-4-2-3-10(11)13/h9-11H,2-5,7-8H2,1H3. The zero-order chi connectivity index (χ0) is 9.97. The molecule has 1 aliphatic heterocycles. The van der Waals surface area contributed by atoms with E-state index in [1.165, 1.54) is 19.3 Å². The minimum absolute atomic E-state index is 0.398. The zero-order valence-corrected chi connectivity index (χ0v) is 8.78. The molecule has 0 bridgehead atoms. The molecule has 2 aliphatic rings. The van der Waals surface area contributed by atoms with Crippen LogP contribution < -0.4 is 0 Å². The summed E-state index contributed by atoms with van der Waals surface area (Å²) in [5.74, 6) is 0. The highest BCUT2D eigenvalue weighted by Crippen LogP contribution is 2.31. The van der Waals surface area contributed by atoms with Crippen molar-refractivity contribution >= 4 is 0 Å². The molecule has 0 aromatic heterocycles. The van der Waals surface area contributed by atoms with Crippen LogP contribution in [-0.2, 0) is 4.74 Å². The summed E-state index contributed by atoms with van der Waals surface area (Å²) in [4.78, 5) is 2.48. The van der Waals surface area contributed by atoms with Crippen molar-refractivity contribution in [2.45, 2.75) is 50.8 Å². The fraction of sp³-hybridized carbons (Fsp3) is 0.909. The summed E-state index contributed by atoms with van der Waals surface area (Å²) < 4.78 is 5.74. The van der Waals surface area contributed by atoms with E-state index in [2.05, 4.69) is 17.9 Å². The minimum atomic E-state index is 0.398. The Bertz CT molecular complexity index is 236. The third-order valence-corrected chi connectivity index (χ3v) is 3.48. The van der Waals surface area contributed by atoms with Gasteiger partial charge in [-0.05, 0) is 26.2 Å². The summed E-state index contributed by atoms with van der Waals surface area (Å²) >= 11 is 0. The van der Waals surface area contributed by atoms with E-state index in [1.54, 1.807) is 0 Å². The summed E-state index contributed by atoms with van der Waals surface area (Å²) in [7, 11) is 0. The summed E-state index contributed by atoms with van der Waals surface area (Å²) in [5, 5.41) is 8.70. The quantitative estimate of drug-likeness (QED) is 0.669. The van der Waals surface area contributed by atoms with Crippen LogP contribution in [0.2, 0.25) is 0 Å². The molecule has 0 aromatic rings. The van der Waals surface area contributed by atoms with Gasteiger partial charge in [-0.2, -0.15) is 5.26 Å². The highest BCUT2D eigenvalue weighted by Gasteiger charge is 2.37. The van der Waals surface area contributed by atoms with Crippen molar-refractivity contribution in [3.63, 3.8) is 0 Å². The predicted octanol–water partition coefficient (Wildman–Crippen LogP) is 1.54. The van der Waals surface area contributed by atoms with Gasteiger partial charge in [0.2, 0.25) is 0 Å². The molecule has 0 aromatic carbocycles. The summed E-state index contributed by atoms with van der Waals surface area (Å²) in [6.07, 6.45) is 4.83. The number of ether oxygens (including phenoxy) is 1. The number of hydrogen-bond acceptors (Lipinski definition) is 3. The maximum atomic E-state index is 8.70. The van der Waals surface area contributed by atoms with Gasteiger partial charge in [0, 0.05) is 18.6 Å². The summed E-state index contributed by atoms with van der Waals surface area (Å²) in [5.41, 5.74) is 0. The van der Waals surface area contributed by atoms with E-state index >= 15 is 0 Å². The van der Waals surface area contributed by atoms with Crippen LogP contribution in [0.5, 0.6) is 0 Å². The Labute approximate surface area is 85.6 Å². The van der Waals surface area contributed by atoms with Gasteiger partial charge in [-0.25, -0.2) is 0 Å². The lowest BCUT2D eigenvalue weighted by molar-refractivity contribution is -0.0684. The van der Waals surface area contributed by atoms with Crippen LogP contribution >= 0.6 is 0 Å². The number of nitriles is 1. The number of rotatable bonds is 2. The first-order chi connectivity index (χ1) is 6.83. The van der Waals surface area contributed by atoms with Crippen LogP contribution in [0.4, 0.5) is 0 Å². The van der Waals surface area contributed by atoms with Crippen molar-refractivity contribution in [2.75, 3.05) is 13.2 Å². The van der Waals surface area contributed by atoms with Crippen molar-refractivity contribution in [3.8, 4) is 6.07 Å². The molecule has 0 spiro atoms. The highest BCUT2D eigenvalue weighted by atomic mass is 16.5. The van der Waals surface area contributed by atoms with Gasteiger partial charge in [0.15, 0.2) is 0 Å². The van der Waals surface area contributed by atoms with Crippen LogP contribution in [0.15, 0.2) is 0 Å². The van der Waals surface area contributed by atoms with Gasteiger partial charge in [0.05, 0.1) is 25.2 Å². The number of hydrogen-bond donors (Lipinski definition) is 0. The van der Waals surface area contributed by atoms with Gasteiger partial charge in [0.1, 0.15) is 0 Å². The van der Waals surface area contributed by atoms with E-state index in [0.717, 1.165) is 13.2 Å². The molecule has 2 fully saturated rings.